The lowest BCUT2D eigenvalue weighted by Crippen LogP contribution is -2.25. The SMILES string of the molecule is Cc1ccn(CC2CC3CCC2C3)c(=O)c1. The van der Waals surface area contributed by atoms with Crippen LogP contribution in [0.1, 0.15) is 31.2 Å². The van der Waals surface area contributed by atoms with E-state index in [1.807, 2.05) is 23.8 Å². The van der Waals surface area contributed by atoms with Crippen LogP contribution in [0.2, 0.25) is 0 Å². The molecule has 2 bridgehead atoms. The molecule has 0 spiro atoms. The molecule has 1 aromatic rings. The van der Waals surface area contributed by atoms with Crippen molar-refractivity contribution in [3.63, 3.8) is 0 Å². The van der Waals surface area contributed by atoms with E-state index in [4.69, 9.17) is 0 Å². The Kier molecular flexibility index (Phi) is 2.38. The summed E-state index contributed by atoms with van der Waals surface area (Å²) in [6.07, 6.45) is 7.57. The topological polar surface area (TPSA) is 22.0 Å². The van der Waals surface area contributed by atoms with Gasteiger partial charge < -0.3 is 4.57 Å². The first-order valence-electron chi connectivity index (χ1n) is 6.39. The summed E-state index contributed by atoms with van der Waals surface area (Å²) in [6, 6.07) is 3.78. The van der Waals surface area contributed by atoms with Crippen LogP contribution in [-0.2, 0) is 6.54 Å². The minimum absolute atomic E-state index is 0.169. The molecule has 2 aliphatic carbocycles. The molecule has 3 atom stereocenters. The van der Waals surface area contributed by atoms with Crippen LogP contribution in [0.15, 0.2) is 23.1 Å². The molecule has 2 saturated carbocycles. The number of aromatic nitrogens is 1. The fourth-order valence-electron chi connectivity index (χ4n) is 3.61. The number of pyridine rings is 1. The van der Waals surface area contributed by atoms with Crippen molar-refractivity contribution in [2.45, 2.75) is 39.2 Å². The second-order valence-corrected chi connectivity index (χ2v) is 5.63. The number of aryl methyl sites for hydroxylation is 1. The number of hydrogen-bond acceptors (Lipinski definition) is 1. The third kappa shape index (κ3) is 1.70. The lowest BCUT2D eigenvalue weighted by Gasteiger charge is -2.22. The maximum absolute atomic E-state index is 11.8. The van der Waals surface area contributed by atoms with Gasteiger partial charge in [0.15, 0.2) is 0 Å². The van der Waals surface area contributed by atoms with Gasteiger partial charge in [-0.25, -0.2) is 0 Å². The fourth-order valence-corrected chi connectivity index (χ4v) is 3.61. The van der Waals surface area contributed by atoms with Gasteiger partial charge in [0, 0.05) is 18.8 Å². The van der Waals surface area contributed by atoms with Crippen molar-refractivity contribution in [1.29, 1.82) is 0 Å². The number of hydrogen-bond donors (Lipinski definition) is 0. The molecule has 0 saturated heterocycles. The van der Waals surface area contributed by atoms with Gasteiger partial charge in [0.25, 0.3) is 5.56 Å². The molecule has 2 aliphatic rings. The maximum Gasteiger partial charge on any atom is 0.250 e. The van der Waals surface area contributed by atoms with E-state index < -0.39 is 0 Å². The molecule has 1 heterocycles. The van der Waals surface area contributed by atoms with E-state index in [1.54, 1.807) is 6.07 Å². The van der Waals surface area contributed by atoms with Gasteiger partial charge in [-0.05, 0) is 55.6 Å². The van der Waals surface area contributed by atoms with Crippen molar-refractivity contribution in [2.75, 3.05) is 0 Å². The summed E-state index contributed by atoms with van der Waals surface area (Å²) >= 11 is 0. The molecule has 86 valence electrons. The predicted octanol–water partition coefficient (Wildman–Crippen LogP) is 2.59. The summed E-state index contributed by atoms with van der Waals surface area (Å²) in [6.45, 7) is 2.92. The number of fused-ring (bicyclic) bond motifs is 2. The first-order chi connectivity index (χ1) is 7.72. The average molecular weight is 217 g/mol. The Morgan fingerprint density at radius 3 is 2.88 bits per heavy atom. The van der Waals surface area contributed by atoms with Gasteiger partial charge in [-0.2, -0.15) is 0 Å². The van der Waals surface area contributed by atoms with E-state index in [-0.39, 0.29) is 5.56 Å². The predicted molar refractivity (Wildman–Crippen MR) is 64.4 cm³/mol. The molecule has 1 aromatic heterocycles. The zero-order valence-electron chi connectivity index (χ0n) is 9.86. The quantitative estimate of drug-likeness (QED) is 0.746. The zero-order valence-corrected chi connectivity index (χ0v) is 9.86. The third-order valence-corrected chi connectivity index (χ3v) is 4.47. The molecule has 0 aromatic carbocycles. The highest BCUT2D eigenvalue weighted by Gasteiger charge is 2.39. The molecular weight excluding hydrogens is 198 g/mol. The van der Waals surface area contributed by atoms with E-state index >= 15 is 0 Å². The summed E-state index contributed by atoms with van der Waals surface area (Å²) < 4.78 is 1.90. The highest BCUT2D eigenvalue weighted by molar-refractivity contribution is 5.08. The summed E-state index contributed by atoms with van der Waals surface area (Å²) in [5, 5.41) is 0. The van der Waals surface area contributed by atoms with Gasteiger partial charge in [-0.3, -0.25) is 4.79 Å². The second kappa shape index (κ2) is 3.76. The van der Waals surface area contributed by atoms with Crippen molar-refractivity contribution >= 4 is 0 Å². The van der Waals surface area contributed by atoms with Crippen molar-refractivity contribution in [3.8, 4) is 0 Å². The van der Waals surface area contributed by atoms with Gasteiger partial charge >= 0.3 is 0 Å². The molecule has 2 nitrogen and oxygen atoms in total. The Balaban J connectivity index is 1.77. The monoisotopic (exact) mass is 217 g/mol. The smallest absolute Gasteiger partial charge is 0.250 e. The van der Waals surface area contributed by atoms with E-state index in [0.29, 0.717) is 0 Å². The van der Waals surface area contributed by atoms with Gasteiger partial charge in [0.2, 0.25) is 0 Å². The molecule has 2 heteroatoms. The Bertz CT molecular complexity index is 448. The standard InChI is InChI=1S/C14H19NO/c1-10-4-5-15(14(16)6-10)9-13-8-11-2-3-12(13)7-11/h4-6,11-13H,2-3,7-9H2,1H3. The van der Waals surface area contributed by atoms with Crippen LogP contribution in [0.25, 0.3) is 0 Å². The van der Waals surface area contributed by atoms with Crippen LogP contribution >= 0.6 is 0 Å². The van der Waals surface area contributed by atoms with Crippen LogP contribution in [0.4, 0.5) is 0 Å². The lowest BCUT2D eigenvalue weighted by atomic mass is 9.89. The van der Waals surface area contributed by atoms with Gasteiger partial charge in [-0.15, -0.1) is 0 Å². The molecular formula is C14H19NO. The normalized spacial score (nSPS) is 32.2. The van der Waals surface area contributed by atoms with Crippen LogP contribution in [-0.4, -0.2) is 4.57 Å². The Hall–Kier alpha value is -1.05. The molecule has 2 fully saturated rings. The van der Waals surface area contributed by atoms with E-state index in [0.717, 1.165) is 29.9 Å². The first-order valence-corrected chi connectivity index (χ1v) is 6.39. The minimum Gasteiger partial charge on any atom is -0.315 e. The Morgan fingerprint density at radius 2 is 2.25 bits per heavy atom. The zero-order chi connectivity index (χ0) is 11.1. The third-order valence-electron chi connectivity index (χ3n) is 4.47. The summed E-state index contributed by atoms with van der Waals surface area (Å²) in [5.41, 5.74) is 1.23. The highest BCUT2D eigenvalue weighted by Crippen LogP contribution is 2.48. The maximum atomic E-state index is 11.8. The van der Waals surface area contributed by atoms with E-state index in [9.17, 15) is 4.79 Å². The lowest BCUT2D eigenvalue weighted by molar-refractivity contribution is 0.293. The van der Waals surface area contributed by atoms with Crippen molar-refractivity contribution in [3.05, 3.63) is 34.2 Å². The Morgan fingerprint density at radius 1 is 1.38 bits per heavy atom. The largest absolute Gasteiger partial charge is 0.315 e. The fraction of sp³-hybridized carbons (Fsp3) is 0.643. The van der Waals surface area contributed by atoms with E-state index in [1.165, 1.54) is 25.7 Å². The number of nitrogens with zero attached hydrogens (tertiary/aromatic N) is 1. The number of rotatable bonds is 2. The van der Waals surface area contributed by atoms with E-state index in [2.05, 4.69) is 0 Å². The summed E-state index contributed by atoms with van der Waals surface area (Å²) in [7, 11) is 0. The second-order valence-electron chi connectivity index (χ2n) is 5.63. The van der Waals surface area contributed by atoms with Crippen molar-refractivity contribution in [2.24, 2.45) is 17.8 Å². The Labute approximate surface area is 96.3 Å². The van der Waals surface area contributed by atoms with Gasteiger partial charge in [-0.1, -0.05) is 6.42 Å². The highest BCUT2D eigenvalue weighted by atomic mass is 16.1. The average Bonchev–Trinajstić information content (AvgIpc) is 2.84. The molecule has 0 aliphatic heterocycles. The first kappa shape index (κ1) is 10.1. The van der Waals surface area contributed by atoms with Crippen molar-refractivity contribution in [1.82, 2.24) is 4.57 Å². The molecule has 0 amide bonds. The molecule has 0 radical (unpaired) electrons. The van der Waals surface area contributed by atoms with Crippen LogP contribution < -0.4 is 5.56 Å². The van der Waals surface area contributed by atoms with Crippen LogP contribution in [0.5, 0.6) is 0 Å². The minimum atomic E-state index is 0.169. The van der Waals surface area contributed by atoms with Crippen LogP contribution in [0, 0.1) is 24.7 Å². The van der Waals surface area contributed by atoms with Crippen molar-refractivity contribution < 1.29 is 0 Å². The van der Waals surface area contributed by atoms with Crippen LogP contribution in [0.3, 0.4) is 0 Å². The summed E-state index contributed by atoms with van der Waals surface area (Å²) in [5.74, 6) is 2.63. The summed E-state index contributed by atoms with van der Waals surface area (Å²) in [4.78, 5) is 11.8. The molecule has 3 unspecified atom stereocenters. The molecule has 0 N–H and O–H groups in total. The molecule has 3 rings (SSSR count). The molecule has 16 heavy (non-hydrogen) atoms. The van der Waals surface area contributed by atoms with Gasteiger partial charge in [0.05, 0.1) is 0 Å². The van der Waals surface area contributed by atoms with Gasteiger partial charge in [0.1, 0.15) is 0 Å².